The molecule has 1 aliphatic heterocycles. The zero-order chi connectivity index (χ0) is 21.7. The molecule has 2 atom stereocenters. The van der Waals surface area contributed by atoms with Crippen LogP contribution in [0.5, 0.6) is 0 Å². The van der Waals surface area contributed by atoms with Crippen molar-refractivity contribution in [1.29, 1.82) is 0 Å². The number of piperazine rings is 1. The van der Waals surface area contributed by atoms with Crippen LogP contribution in [-0.4, -0.2) is 60.3 Å². The van der Waals surface area contributed by atoms with Crippen LogP contribution >= 0.6 is 0 Å². The van der Waals surface area contributed by atoms with Crippen LogP contribution in [0.25, 0.3) is 6.08 Å². The summed E-state index contributed by atoms with van der Waals surface area (Å²) in [5.41, 5.74) is 4.12. The Morgan fingerprint density at radius 3 is 2.52 bits per heavy atom. The second kappa shape index (κ2) is 10.1. The highest BCUT2D eigenvalue weighted by Crippen LogP contribution is 2.41. The fraction of sp³-hybridized carbons (Fsp3) is 0.500. The molecule has 0 amide bonds. The Labute approximate surface area is 188 Å². The van der Waals surface area contributed by atoms with Crippen LogP contribution < -0.4 is 0 Å². The van der Waals surface area contributed by atoms with E-state index in [1.165, 1.54) is 28.7 Å². The lowest BCUT2D eigenvalue weighted by molar-refractivity contribution is -0.00643. The van der Waals surface area contributed by atoms with Crippen molar-refractivity contribution < 1.29 is 5.11 Å². The van der Waals surface area contributed by atoms with E-state index in [0.29, 0.717) is 6.42 Å². The molecule has 1 saturated heterocycles. The number of aliphatic hydroxyl groups is 1. The lowest BCUT2D eigenvalue weighted by Crippen LogP contribution is -2.51. The van der Waals surface area contributed by atoms with Crippen molar-refractivity contribution >= 4 is 6.08 Å². The highest BCUT2D eigenvalue weighted by atomic mass is 16.3. The van der Waals surface area contributed by atoms with Gasteiger partial charge in [-0.05, 0) is 49.9 Å². The molecular weight excluding hydrogens is 380 g/mol. The zero-order valence-electron chi connectivity index (χ0n) is 19.3. The second-order valence-corrected chi connectivity index (χ2v) is 9.72. The first kappa shape index (κ1) is 22.3. The van der Waals surface area contributed by atoms with E-state index in [2.05, 4.69) is 84.4 Å². The minimum absolute atomic E-state index is 0.258. The van der Waals surface area contributed by atoms with Crippen LogP contribution in [0.1, 0.15) is 42.4 Å². The number of hydrogen-bond acceptors (Lipinski definition) is 3. The maximum Gasteiger partial charge on any atom is 0.0940 e. The van der Waals surface area contributed by atoms with E-state index >= 15 is 0 Å². The van der Waals surface area contributed by atoms with Gasteiger partial charge in [-0.2, -0.15) is 0 Å². The number of hydrogen-bond donors (Lipinski definition) is 1. The smallest absolute Gasteiger partial charge is 0.0940 e. The number of rotatable bonds is 5. The van der Waals surface area contributed by atoms with Crippen molar-refractivity contribution in [3.05, 3.63) is 76.9 Å². The molecule has 0 spiro atoms. The molecule has 4 rings (SSSR count). The topological polar surface area (TPSA) is 26.7 Å². The average molecular weight is 419 g/mol. The molecule has 0 aromatic heterocycles. The van der Waals surface area contributed by atoms with Crippen molar-refractivity contribution in [3.63, 3.8) is 0 Å². The van der Waals surface area contributed by atoms with Gasteiger partial charge in [0.15, 0.2) is 0 Å². The van der Waals surface area contributed by atoms with E-state index < -0.39 is 5.60 Å². The van der Waals surface area contributed by atoms with E-state index in [9.17, 15) is 5.11 Å². The number of benzene rings is 2. The highest BCUT2D eigenvalue weighted by molar-refractivity contribution is 5.56. The van der Waals surface area contributed by atoms with Crippen molar-refractivity contribution in [2.45, 2.75) is 44.6 Å². The first-order chi connectivity index (χ1) is 15.0. The van der Waals surface area contributed by atoms with Crippen LogP contribution in [0.15, 0.2) is 60.2 Å². The maximum atomic E-state index is 12.5. The van der Waals surface area contributed by atoms with Crippen molar-refractivity contribution in [2.24, 2.45) is 5.92 Å². The molecule has 3 heteroatoms. The molecule has 2 fully saturated rings. The fourth-order valence-electron chi connectivity index (χ4n) is 5.35. The Morgan fingerprint density at radius 2 is 1.77 bits per heavy atom. The summed E-state index contributed by atoms with van der Waals surface area (Å²) >= 11 is 0. The highest BCUT2D eigenvalue weighted by Gasteiger charge is 2.42. The largest absolute Gasteiger partial charge is 0.385 e. The monoisotopic (exact) mass is 418 g/mol. The van der Waals surface area contributed by atoms with E-state index in [-0.39, 0.29) is 5.92 Å². The first-order valence-corrected chi connectivity index (χ1v) is 12.0. The quantitative estimate of drug-likeness (QED) is 0.707. The molecule has 1 saturated carbocycles. The maximum absolute atomic E-state index is 12.5. The molecule has 0 bridgehead atoms. The van der Waals surface area contributed by atoms with Gasteiger partial charge in [-0.3, -0.25) is 0 Å². The summed E-state index contributed by atoms with van der Waals surface area (Å²) in [4.78, 5) is 4.99. The molecule has 1 N–H and O–H groups in total. The normalized spacial score (nSPS) is 27.3. The van der Waals surface area contributed by atoms with Gasteiger partial charge in [0.2, 0.25) is 0 Å². The molecule has 31 heavy (non-hydrogen) atoms. The second-order valence-electron chi connectivity index (χ2n) is 9.72. The number of likely N-dealkylation sites (N-methyl/N-ethyl adjacent to an activating group) is 1. The van der Waals surface area contributed by atoms with Gasteiger partial charge >= 0.3 is 0 Å². The number of nitrogens with zero attached hydrogens (tertiary/aromatic N) is 2. The van der Waals surface area contributed by atoms with Gasteiger partial charge < -0.3 is 14.9 Å². The standard InChI is InChI=1S/C28H38N2O/c1-23-9-8-12-25(19-23)21-28(31)26(20-24-10-4-3-5-11-24)13-6-7-14-27(28)22-30-17-15-29(2)16-18-30/h3-5,8-12,19-20,27,31H,6-7,13-18,21-22H2,1-2H3/b26-20-. The third kappa shape index (κ3) is 5.65. The Bertz CT molecular complexity index is 870. The fourth-order valence-corrected chi connectivity index (χ4v) is 5.35. The lowest BCUT2D eigenvalue weighted by Gasteiger charge is -2.42. The zero-order valence-corrected chi connectivity index (χ0v) is 19.3. The van der Waals surface area contributed by atoms with E-state index in [1.807, 2.05) is 0 Å². The van der Waals surface area contributed by atoms with E-state index in [1.54, 1.807) is 0 Å². The predicted octanol–water partition coefficient (Wildman–Crippen LogP) is 4.79. The van der Waals surface area contributed by atoms with Crippen LogP contribution in [-0.2, 0) is 6.42 Å². The molecule has 2 aliphatic rings. The van der Waals surface area contributed by atoms with Gasteiger partial charge in [0.1, 0.15) is 0 Å². The van der Waals surface area contributed by atoms with Gasteiger partial charge in [-0.15, -0.1) is 0 Å². The van der Waals surface area contributed by atoms with Gasteiger partial charge in [-0.1, -0.05) is 72.7 Å². The summed E-state index contributed by atoms with van der Waals surface area (Å²) in [5.74, 6) is 0.258. The molecule has 3 nitrogen and oxygen atoms in total. The summed E-state index contributed by atoms with van der Waals surface area (Å²) in [7, 11) is 2.21. The third-order valence-electron chi connectivity index (χ3n) is 7.25. The molecule has 1 heterocycles. The Morgan fingerprint density at radius 1 is 1.00 bits per heavy atom. The van der Waals surface area contributed by atoms with Crippen molar-refractivity contribution in [1.82, 2.24) is 9.80 Å². The molecule has 0 radical (unpaired) electrons. The molecule has 2 unspecified atom stereocenters. The van der Waals surface area contributed by atoms with Gasteiger partial charge in [0.05, 0.1) is 5.60 Å². The summed E-state index contributed by atoms with van der Waals surface area (Å²) in [6, 6.07) is 19.2. The van der Waals surface area contributed by atoms with Gasteiger partial charge in [-0.25, -0.2) is 0 Å². The van der Waals surface area contributed by atoms with E-state index in [4.69, 9.17) is 0 Å². The van der Waals surface area contributed by atoms with Crippen molar-refractivity contribution in [3.8, 4) is 0 Å². The van der Waals surface area contributed by atoms with Crippen LogP contribution in [0, 0.1) is 12.8 Å². The molecule has 2 aromatic carbocycles. The van der Waals surface area contributed by atoms with Crippen LogP contribution in [0.3, 0.4) is 0 Å². The Kier molecular flexibility index (Phi) is 7.27. The van der Waals surface area contributed by atoms with Crippen LogP contribution in [0.2, 0.25) is 0 Å². The summed E-state index contributed by atoms with van der Waals surface area (Å²) in [5, 5.41) is 12.5. The minimum Gasteiger partial charge on any atom is -0.385 e. The average Bonchev–Trinajstić information content (AvgIpc) is 2.90. The summed E-state index contributed by atoms with van der Waals surface area (Å²) in [6.07, 6.45) is 7.41. The lowest BCUT2D eigenvalue weighted by atomic mass is 9.74. The Hall–Kier alpha value is -1.94. The SMILES string of the molecule is Cc1cccc(CC2(O)/C(=C\c3ccccc3)CCCCC2CN2CCN(C)CC2)c1. The summed E-state index contributed by atoms with van der Waals surface area (Å²) in [6.45, 7) is 7.58. The summed E-state index contributed by atoms with van der Waals surface area (Å²) < 4.78 is 0. The minimum atomic E-state index is -0.802. The van der Waals surface area contributed by atoms with Crippen molar-refractivity contribution in [2.75, 3.05) is 39.8 Å². The van der Waals surface area contributed by atoms with E-state index in [0.717, 1.165) is 52.0 Å². The molecular formula is C28H38N2O. The third-order valence-corrected chi connectivity index (χ3v) is 7.25. The predicted molar refractivity (Wildman–Crippen MR) is 130 cm³/mol. The van der Waals surface area contributed by atoms with Crippen LogP contribution in [0.4, 0.5) is 0 Å². The Balaban J connectivity index is 1.67. The first-order valence-electron chi connectivity index (χ1n) is 12.0. The van der Waals surface area contributed by atoms with Gasteiger partial charge in [0.25, 0.3) is 0 Å². The van der Waals surface area contributed by atoms with Gasteiger partial charge in [0, 0.05) is 45.1 Å². The number of aryl methyl sites for hydroxylation is 1. The molecule has 1 aliphatic carbocycles. The molecule has 2 aromatic rings. The molecule has 166 valence electrons.